The highest BCUT2D eigenvalue weighted by atomic mass is 32.2. The lowest BCUT2D eigenvalue weighted by Crippen LogP contribution is -2.04. The quantitative estimate of drug-likeness (QED) is 0.511. The summed E-state index contributed by atoms with van der Waals surface area (Å²) in [6.45, 7) is 0. The van der Waals surface area contributed by atoms with Gasteiger partial charge in [0.15, 0.2) is 0 Å². The maximum atomic E-state index is 2.34. The molecule has 0 nitrogen and oxygen atoms in total. The van der Waals surface area contributed by atoms with Gasteiger partial charge in [0.2, 0.25) is 0 Å². The molecule has 0 N–H and O–H groups in total. The van der Waals surface area contributed by atoms with Crippen molar-refractivity contribution >= 4 is 23.5 Å². The molecule has 2 aliphatic rings. The first-order valence-corrected chi connectivity index (χ1v) is 4.90. The number of fused-ring (bicyclic) bond motifs is 1. The summed E-state index contributed by atoms with van der Waals surface area (Å²) in [5.74, 6) is 1.38. The molecule has 2 aliphatic heterocycles. The summed E-state index contributed by atoms with van der Waals surface area (Å²) in [4.78, 5) is 0. The van der Waals surface area contributed by atoms with Crippen molar-refractivity contribution in [3.8, 4) is 0 Å². The molecule has 0 radical (unpaired) electrons. The Kier molecular flexibility index (Phi) is 1.31. The molecular formula is C6H8S2. The van der Waals surface area contributed by atoms with Crippen molar-refractivity contribution in [1.82, 2.24) is 0 Å². The first kappa shape index (κ1) is 5.24. The molecular weight excluding hydrogens is 136 g/mol. The van der Waals surface area contributed by atoms with Crippen LogP contribution in [0.5, 0.6) is 0 Å². The van der Waals surface area contributed by atoms with Crippen molar-refractivity contribution in [2.24, 2.45) is 0 Å². The predicted octanol–water partition coefficient (Wildman–Crippen LogP) is 2.12. The van der Waals surface area contributed by atoms with E-state index in [0.29, 0.717) is 0 Å². The van der Waals surface area contributed by atoms with Crippen LogP contribution in [0.2, 0.25) is 0 Å². The van der Waals surface area contributed by atoms with Gasteiger partial charge in [-0.05, 0) is 17.6 Å². The molecule has 0 amide bonds. The second kappa shape index (κ2) is 1.99. The van der Waals surface area contributed by atoms with Crippen LogP contribution in [0.15, 0.2) is 11.5 Å². The molecule has 0 saturated carbocycles. The van der Waals surface area contributed by atoms with Gasteiger partial charge in [-0.3, -0.25) is 0 Å². The monoisotopic (exact) mass is 144 g/mol. The molecule has 0 aliphatic carbocycles. The molecule has 0 bridgehead atoms. The molecule has 2 heterocycles. The minimum absolute atomic E-state index is 0.875. The zero-order valence-corrected chi connectivity index (χ0v) is 6.17. The van der Waals surface area contributed by atoms with Crippen LogP contribution in [-0.4, -0.2) is 16.3 Å². The van der Waals surface area contributed by atoms with Crippen molar-refractivity contribution < 1.29 is 0 Å². The second-order valence-corrected chi connectivity index (χ2v) is 4.56. The zero-order valence-electron chi connectivity index (χ0n) is 4.54. The number of hydrogen-bond donors (Lipinski definition) is 0. The summed E-state index contributed by atoms with van der Waals surface area (Å²) in [5.41, 5.74) is 0. The van der Waals surface area contributed by atoms with Gasteiger partial charge in [0.05, 0.1) is 0 Å². The van der Waals surface area contributed by atoms with E-state index in [-0.39, 0.29) is 0 Å². The SMILES string of the molecule is C1=CC2SCCC2S1. The molecule has 44 valence electrons. The molecule has 0 spiro atoms. The number of thioether (sulfide) groups is 2. The predicted molar refractivity (Wildman–Crippen MR) is 41.4 cm³/mol. The van der Waals surface area contributed by atoms with Gasteiger partial charge >= 0.3 is 0 Å². The molecule has 2 heteroatoms. The van der Waals surface area contributed by atoms with Crippen LogP contribution >= 0.6 is 23.5 Å². The van der Waals surface area contributed by atoms with Gasteiger partial charge in [0, 0.05) is 10.5 Å². The fourth-order valence-electron chi connectivity index (χ4n) is 1.14. The number of hydrogen-bond acceptors (Lipinski definition) is 2. The van der Waals surface area contributed by atoms with Crippen LogP contribution in [0.25, 0.3) is 0 Å². The Bertz CT molecular complexity index is 120. The van der Waals surface area contributed by atoms with E-state index in [2.05, 4.69) is 23.2 Å². The highest BCUT2D eigenvalue weighted by Gasteiger charge is 2.28. The van der Waals surface area contributed by atoms with E-state index in [4.69, 9.17) is 0 Å². The normalized spacial score (nSPS) is 43.0. The third kappa shape index (κ3) is 0.705. The average molecular weight is 144 g/mol. The van der Waals surface area contributed by atoms with Crippen LogP contribution in [0.4, 0.5) is 0 Å². The van der Waals surface area contributed by atoms with Crippen LogP contribution in [-0.2, 0) is 0 Å². The summed E-state index contributed by atoms with van der Waals surface area (Å²) in [5, 5.41) is 4.07. The summed E-state index contributed by atoms with van der Waals surface area (Å²) in [6.07, 6.45) is 3.76. The second-order valence-electron chi connectivity index (χ2n) is 2.13. The van der Waals surface area contributed by atoms with Crippen molar-refractivity contribution in [2.45, 2.75) is 16.9 Å². The van der Waals surface area contributed by atoms with Gasteiger partial charge < -0.3 is 0 Å². The molecule has 8 heavy (non-hydrogen) atoms. The Morgan fingerprint density at radius 3 is 3.38 bits per heavy atom. The molecule has 1 fully saturated rings. The van der Waals surface area contributed by atoms with Crippen molar-refractivity contribution in [2.75, 3.05) is 5.75 Å². The van der Waals surface area contributed by atoms with Gasteiger partial charge in [-0.25, -0.2) is 0 Å². The lowest BCUT2D eigenvalue weighted by molar-refractivity contribution is 0.917. The van der Waals surface area contributed by atoms with E-state index < -0.39 is 0 Å². The van der Waals surface area contributed by atoms with Crippen molar-refractivity contribution in [3.63, 3.8) is 0 Å². The number of rotatable bonds is 0. The van der Waals surface area contributed by atoms with Crippen LogP contribution in [0.3, 0.4) is 0 Å². The molecule has 0 aromatic carbocycles. The molecule has 0 aromatic heterocycles. The summed E-state index contributed by atoms with van der Waals surface area (Å²) in [6, 6.07) is 0. The van der Waals surface area contributed by atoms with E-state index >= 15 is 0 Å². The molecule has 2 atom stereocenters. The largest absolute Gasteiger partial charge is 0.153 e. The smallest absolute Gasteiger partial charge is 0.0357 e. The van der Waals surface area contributed by atoms with Gasteiger partial charge in [-0.2, -0.15) is 11.8 Å². The highest BCUT2D eigenvalue weighted by molar-refractivity contribution is 8.06. The Morgan fingerprint density at radius 2 is 2.50 bits per heavy atom. The topological polar surface area (TPSA) is 0 Å². The summed E-state index contributed by atoms with van der Waals surface area (Å²) >= 11 is 4.12. The van der Waals surface area contributed by atoms with Gasteiger partial charge in [0.1, 0.15) is 0 Å². The average Bonchev–Trinajstić information content (AvgIpc) is 2.15. The van der Waals surface area contributed by atoms with E-state index in [0.717, 1.165) is 10.5 Å². The van der Waals surface area contributed by atoms with Crippen molar-refractivity contribution in [1.29, 1.82) is 0 Å². The summed E-state index contributed by atoms with van der Waals surface area (Å²) in [7, 11) is 0. The Hall–Kier alpha value is 0.440. The Morgan fingerprint density at radius 1 is 1.50 bits per heavy atom. The third-order valence-corrected chi connectivity index (χ3v) is 4.31. The Balaban J connectivity index is 2.13. The van der Waals surface area contributed by atoms with Crippen LogP contribution in [0.1, 0.15) is 6.42 Å². The lowest BCUT2D eigenvalue weighted by Gasteiger charge is -2.02. The third-order valence-electron chi connectivity index (χ3n) is 1.60. The highest BCUT2D eigenvalue weighted by Crippen LogP contribution is 2.41. The van der Waals surface area contributed by atoms with Crippen LogP contribution < -0.4 is 0 Å². The maximum absolute atomic E-state index is 2.34. The molecule has 2 unspecified atom stereocenters. The van der Waals surface area contributed by atoms with E-state index in [1.807, 2.05) is 11.8 Å². The molecule has 1 saturated heterocycles. The molecule has 0 aromatic rings. The standard InChI is InChI=1S/C6H8S2/c1-3-7-6-2-4-8-5(1)6/h1,3,5-6H,2,4H2. The maximum Gasteiger partial charge on any atom is 0.0357 e. The van der Waals surface area contributed by atoms with Gasteiger partial charge in [-0.15, -0.1) is 11.8 Å². The zero-order chi connectivity index (χ0) is 5.40. The van der Waals surface area contributed by atoms with E-state index in [1.165, 1.54) is 12.2 Å². The van der Waals surface area contributed by atoms with E-state index in [1.54, 1.807) is 0 Å². The first-order valence-electron chi connectivity index (χ1n) is 2.90. The van der Waals surface area contributed by atoms with Gasteiger partial charge in [0.25, 0.3) is 0 Å². The molecule has 2 rings (SSSR count). The lowest BCUT2D eigenvalue weighted by atomic mass is 10.2. The summed E-state index contributed by atoms with van der Waals surface area (Å²) < 4.78 is 0. The Labute approximate surface area is 58.1 Å². The van der Waals surface area contributed by atoms with Crippen LogP contribution in [0, 0.1) is 0 Å². The minimum atomic E-state index is 0.875. The minimum Gasteiger partial charge on any atom is -0.153 e. The fourth-order valence-corrected chi connectivity index (χ4v) is 3.98. The first-order chi connectivity index (χ1) is 3.97. The van der Waals surface area contributed by atoms with Gasteiger partial charge in [-0.1, -0.05) is 6.08 Å². The fraction of sp³-hybridized carbons (Fsp3) is 0.667. The van der Waals surface area contributed by atoms with E-state index in [9.17, 15) is 0 Å². The van der Waals surface area contributed by atoms with Crippen molar-refractivity contribution in [3.05, 3.63) is 11.5 Å².